The molecule has 0 heterocycles. The highest BCUT2D eigenvalue weighted by molar-refractivity contribution is 5.32. The number of hydrogen-bond acceptors (Lipinski definition) is 2. The molecule has 2 rings (SSSR count). The molecule has 0 radical (unpaired) electrons. The lowest BCUT2D eigenvalue weighted by molar-refractivity contribution is 0.308. The fourth-order valence-electron chi connectivity index (χ4n) is 1.84. The second-order valence-electron chi connectivity index (χ2n) is 4.56. The van der Waals surface area contributed by atoms with Gasteiger partial charge in [0.2, 0.25) is 0 Å². The van der Waals surface area contributed by atoms with Gasteiger partial charge >= 0.3 is 0 Å². The first-order valence-corrected chi connectivity index (χ1v) is 5.56. The summed E-state index contributed by atoms with van der Waals surface area (Å²) >= 11 is 0. The molecule has 1 aromatic carbocycles. The van der Waals surface area contributed by atoms with Gasteiger partial charge in [0.05, 0.1) is 11.6 Å². The summed E-state index contributed by atoms with van der Waals surface area (Å²) in [5.74, 6) is 0.535. The molecule has 0 amide bonds. The monoisotopic (exact) mass is 218 g/mol. The van der Waals surface area contributed by atoms with Crippen molar-refractivity contribution in [2.24, 2.45) is 5.92 Å². The molecule has 0 unspecified atom stereocenters. The lowest BCUT2D eigenvalue weighted by Gasteiger charge is -2.16. The summed E-state index contributed by atoms with van der Waals surface area (Å²) in [6.45, 7) is 1.66. The van der Waals surface area contributed by atoms with Gasteiger partial charge in [0, 0.05) is 18.7 Å². The minimum atomic E-state index is -0.276. The first-order chi connectivity index (χ1) is 7.69. The minimum absolute atomic E-state index is 0.276. The smallest absolute Gasteiger partial charge is 0.129 e. The highest BCUT2D eigenvalue weighted by atomic mass is 19.1. The molecular weight excluding hydrogens is 203 g/mol. The van der Waals surface area contributed by atoms with Gasteiger partial charge in [0.15, 0.2) is 0 Å². The highest BCUT2D eigenvalue weighted by Crippen LogP contribution is 2.29. The van der Waals surface area contributed by atoms with Crippen LogP contribution in [0.2, 0.25) is 0 Å². The van der Waals surface area contributed by atoms with Crippen LogP contribution in [-0.4, -0.2) is 18.5 Å². The maximum absolute atomic E-state index is 13.6. The zero-order valence-corrected chi connectivity index (χ0v) is 9.41. The first-order valence-electron chi connectivity index (χ1n) is 5.56. The van der Waals surface area contributed by atoms with E-state index in [9.17, 15) is 4.39 Å². The molecule has 1 aliphatic rings. The van der Waals surface area contributed by atoms with Crippen LogP contribution in [0, 0.1) is 23.1 Å². The zero-order chi connectivity index (χ0) is 11.5. The van der Waals surface area contributed by atoms with Crippen molar-refractivity contribution in [3.63, 3.8) is 0 Å². The number of rotatable bonds is 4. The van der Waals surface area contributed by atoms with Crippen molar-refractivity contribution in [3.05, 3.63) is 35.1 Å². The lowest BCUT2D eigenvalue weighted by atomic mass is 10.1. The normalized spacial score (nSPS) is 15.1. The number of nitrogens with zero attached hydrogens (tertiary/aromatic N) is 2. The summed E-state index contributed by atoms with van der Waals surface area (Å²) in [5.41, 5.74) is 1.05. The standard InChI is InChI=1S/C13H15FN2/c1-16(8-10-2-3-10)9-12-5-4-11(7-15)6-13(12)14/h4-6,10H,2-3,8-9H2,1H3. The largest absolute Gasteiger partial charge is 0.302 e. The second kappa shape index (κ2) is 4.63. The third-order valence-corrected chi connectivity index (χ3v) is 2.89. The van der Waals surface area contributed by atoms with Crippen LogP contribution in [0.5, 0.6) is 0 Å². The van der Waals surface area contributed by atoms with Crippen molar-refractivity contribution in [2.45, 2.75) is 19.4 Å². The summed E-state index contributed by atoms with van der Waals surface area (Å²) < 4.78 is 13.6. The quantitative estimate of drug-likeness (QED) is 0.776. The zero-order valence-electron chi connectivity index (χ0n) is 9.41. The second-order valence-corrected chi connectivity index (χ2v) is 4.56. The van der Waals surface area contributed by atoms with E-state index in [1.54, 1.807) is 12.1 Å². The van der Waals surface area contributed by atoms with Gasteiger partial charge in [-0.1, -0.05) is 6.07 Å². The Morgan fingerprint density at radius 3 is 2.81 bits per heavy atom. The van der Waals surface area contributed by atoms with E-state index in [-0.39, 0.29) is 5.82 Å². The molecule has 0 N–H and O–H groups in total. The van der Waals surface area contributed by atoms with E-state index in [4.69, 9.17) is 5.26 Å². The lowest BCUT2D eigenvalue weighted by Crippen LogP contribution is -2.21. The van der Waals surface area contributed by atoms with E-state index in [1.165, 1.54) is 18.9 Å². The molecule has 0 aliphatic heterocycles. The van der Waals surface area contributed by atoms with Crippen molar-refractivity contribution >= 4 is 0 Å². The van der Waals surface area contributed by atoms with Crippen LogP contribution in [-0.2, 0) is 6.54 Å². The third kappa shape index (κ3) is 2.80. The molecule has 0 aromatic heterocycles. The number of nitriles is 1. The summed E-state index contributed by atoms with van der Waals surface area (Å²) in [7, 11) is 2.01. The Morgan fingerprint density at radius 2 is 2.25 bits per heavy atom. The van der Waals surface area contributed by atoms with Gasteiger partial charge in [-0.05, 0) is 37.9 Å². The maximum atomic E-state index is 13.6. The third-order valence-electron chi connectivity index (χ3n) is 2.89. The Labute approximate surface area is 95.3 Å². The van der Waals surface area contributed by atoms with Crippen molar-refractivity contribution in [1.82, 2.24) is 4.90 Å². The van der Waals surface area contributed by atoms with E-state index in [0.29, 0.717) is 17.7 Å². The van der Waals surface area contributed by atoms with Gasteiger partial charge in [0.25, 0.3) is 0 Å². The predicted molar refractivity (Wildman–Crippen MR) is 60.2 cm³/mol. The van der Waals surface area contributed by atoms with Gasteiger partial charge in [-0.2, -0.15) is 5.26 Å². The Balaban J connectivity index is 2.00. The average molecular weight is 218 g/mol. The number of halogens is 1. The van der Waals surface area contributed by atoms with E-state index in [0.717, 1.165) is 12.5 Å². The average Bonchev–Trinajstić information content (AvgIpc) is 3.05. The first kappa shape index (κ1) is 11.1. The van der Waals surface area contributed by atoms with E-state index < -0.39 is 0 Å². The summed E-state index contributed by atoms with van der Waals surface area (Å²) in [5, 5.41) is 8.63. The van der Waals surface area contributed by atoms with Crippen LogP contribution in [0.3, 0.4) is 0 Å². The maximum Gasteiger partial charge on any atom is 0.129 e. The molecule has 3 heteroatoms. The van der Waals surface area contributed by atoms with Crippen LogP contribution in [0.15, 0.2) is 18.2 Å². The van der Waals surface area contributed by atoms with Crippen molar-refractivity contribution in [2.75, 3.05) is 13.6 Å². The molecule has 16 heavy (non-hydrogen) atoms. The highest BCUT2D eigenvalue weighted by Gasteiger charge is 2.22. The van der Waals surface area contributed by atoms with Gasteiger partial charge in [-0.15, -0.1) is 0 Å². The molecule has 0 bridgehead atoms. The summed E-state index contributed by atoms with van der Waals surface area (Å²) in [6, 6.07) is 6.62. The molecular formula is C13H15FN2. The fourth-order valence-corrected chi connectivity index (χ4v) is 1.84. The Bertz CT molecular complexity index is 418. The van der Waals surface area contributed by atoms with Gasteiger partial charge in [0.1, 0.15) is 5.82 Å². The Hall–Kier alpha value is -1.40. The number of benzene rings is 1. The molecule has 1 aliphatic carbocycles. The van der Waals surface area contributed by atoms with Crippen LogP contribution >= 0.6 is 0 Å². The molecule has 0 saturated heterocycles. The van der Waals surface area contributed by atoms with E-state index in [2.05, 4.69) is 4.90 Å². The van der Waals surface area contributed by atoms with Crippen molar-refractivity contribution in [1.29, 1.82) is 5.26 Å². The Kier molecular flexibility index (Phi) is 3.21. The Morgan fingerprint density at radius 1 is 1.50 bits per heavy atom. The SMILES string of the molecule is CN(Cc1ccc(C#N)cc1F)CC1CC1. The van der Waals surface area contributed by atoms with Crippen LogP contribution in [0.4, 0.5) is 4.39 Å². The molecule has 0 atom stereocenters. The molecule has 1 aromatic rings. The van der Waals surface area contributed by atoms with E-state index in [1.807, 2.05) is 13.1 Å². The predicted octanol–water partition coefficient (Wildman–Crippen LogP) is 2.54. The summed E-state index contributed by atoms with van der Waals surface area (Å²) in [4.78, 5) is 2.14. The molecule has 0 spiro atoms. The fraction of sp³-hybridized carbons (Fsp3) is 0.462. The van der Waals surface area contributed by atoms with Crippen LogP contribution in [0.25, 0.3) is 0 Å². The summed E-state index contributed by atoms with van der Waals surface area (Å²) in [6.07, 6.45) is 2.61. The topological polar surface area (TPSA) is 27.0 Å². The van der Waals surface area contributed by atoms with Crippen molar-refractivity contribution in [3.8, 4) is 6.07 Å². The minimum Gasteiger partial charge on any atom is -0.302 e. The van der Waals surface area contributed by atoms with Gasteiger partial charge in [-0.25, -0.2) is 4.39 Å². The van der Waals surface area contributed by atoms with Gasteiger partial charge in [-0.3, -0.25) is 0 Å². The molecule has 1 fully saturated rings. The molecule has 1 saturated carbocycles. The van der Waals surface area contributed by atoms with Crippen molar-refractivity contribution < 1.29 is 4.39 Å². The van der Waals surface area contributed by atoms with Gasteiger partial charge < -0.3 is 4.90 Å². The molecule has 2 nitrogen and oxygen atoms in total. The van der Waals surface area contributed by atoms with Crippen LogP contribution < -0.4 is 0 Å². The van der Waals surface area contributed by atoms with Crippen LogP contribution in [0.1, 0.15) is 24.0 Å². The van der Waals surface area contributed by atoms with E-state index >= 15 is 0 Å². The number of hydrogen-bond donors (Lipinski definition) is 0. The molecule has 84 valence electrons.